The van der Waals surface area contributed by atoms with E-state index in [4.69, 9.17) is 0 Å². The van der Waals surface area contributed by atoms with Crippen LogP contribution in [0.4, 0.5) is 0 Å². The molecule has 2 aromatic rings. The molecule has 1 atom stereocenters. The predicted molar refractivity (Wildman–Crippen MR) is 101 cm³/mol. The molecule has 0 spiro atoms. The number of hydrogen-bond acceptors (Lipinski definition) is 2. The Morgan fingerprint density at radius 3 is 2.88 bits per heavy atom. The van der Waals surface area contributed by atoms with Crippen LogP contribution in [0.2, 0.25) is 0 Å². The third-order valence-electron chi connectivity index (χ3n) is 4.73. The zero-order valence-corrected chi connectivity index (χ0v) is 15.4. The van der Waals surface area contributed by atoms with Crippen LogP contribution in [-0.4, -0.2) is 27.7 Å². The summed E-state index contributed by atoms with van der Waals surface area (Å²) in [7, 11) is 2.07. The molecule has 0 radical (unpaired) electrons. The standard InChI is InChI=1S/C20H26N2OS/c1-16-7-5-8-17(13-16)14-24-15-20(23)22-12-4-3-9-19(22)18-10-6-11-21(18)2/h5-8,10-11,13,19H,3-4,9,12,14-15H2,1-2H3/t19-/m1/s1. The zero-order chi connectivity index (χ0) is 16.9. The Balaban J connectivity index is 1.59. The number of nitrogens with zero attached hydrogens (tertiary/aromatic N) is 2. The number of aryl methyl sites for hydroxylation is 2. The summed E-state index contributed by atoms with van der Waals surface area (Å²) in [6.45, 7) is 3.00. The fraction of sp³-hybridized carbons (Fsp3) is 0.450. The number of piperidine rings is 1. The van der Waals surface area contributed by atoms with Crippen molar-refractivity contribution in [1.29, 1.82) is 0 Å². The highest BCUT2D eigenvalue weighted by Crippen LogP contribution is 2.31. The topological polar surface area (TPSA) is 25.2 Å². The highest BCUT2D eigenvalue weighted by Gasteiger charge is 2.28. The number of likely N-dealkylation sites (tertiary alicyclic amines) is 1. The number of thioether (sulfide) groups is 1. The van der Waals surface area contributed by atoms with Crippen molar-refractivity contribution in [3.05, 3.63) is 59.4 Å². The summed E-state index contributed by atoms with van der Waals surface area (Å²) >= 11 is 1.72. The van der Waals surface area contributed by atoms with Gasteiger partial charge in [0, 0.05) is 31.2 Å². The molecule has 1 aliphatic heterocycles. The average molecular weight is 343 g/mol. The minimum absolute atomic E-state index is 0.241. The first-order valence-corrected chi connectivity index (χ1v) is 9.84. The van der Waals surface area contributed by atoms with Crippen LogP contribution in [0.1, 0.15) is 42.1 Å². The molecule has 1 fully saturated rings. The SMILES string of the molecule is Cc1cccc(CSCC(=O)N2CCCC[C@@H]2c2cccn2C)c1. The molecule has 2 heterocycles. The predicted octanol–water partition coefficient (Wildman–Crippen LogP) is 4.32. The van der Waals surface area contributed by atoms with E-state index in [0.29, 0.717) is 5.75 Å². The lowest BCUT2D eigenvalue weighted by Gasteiger charge is -2.36. The zero-order valence-electron chi connectivity index (χ0n) is 14.6. The maximum atomic E-state index is 12.8. The van der Waals surface area contributed by atoms with E-state index in [1.54, 1.807) is 11.8 Å². The van der Waals surface area contributed by atoms with Gasteiger partial charge in [0.25, 0.3) is 0 Å². The van der Waals surface area contributed by atoms with E-state index in [1.807, 2.05) is 0 Å². The van der Waals surface area contributed by atoms with Crippen molar-refractivity contribution in [2.24, 2.45) is 7.05 Å². The summed E-state index contributed by atoms with van der Waals surface area (Å²) in [6, 6.07) is 13.0. The Labute approximate surface area is 149 Å². The fourth-order valence-corrected chi connectivity index (χ4v) is 4.36. The Morgan fingerprint density at radius 1 is 1.25 bits per heavy atom. The molecule has 1 amide bonds. The van der Waals surface area contributed by atoms with E-state index < -0.39 is 0 Å². The van der Waals surface area contributed by atoms with Crippen molar-refractivity contribution in [3.8, 4) is 0 Å². The van der Waals surface area contributed by atoms with Crippen LogP contribution >= 0.6 is 11.8 Å². The summed E-state index contributed by atoms with van der Waals surface area (Å²) in [5.74, 6) is 1.74. The molecule has 1 aromatic carbocycles. The summed E-state index contributed by atoms with van der Waals surface area (Å²) < 4.78 is 2.15. The van der Waals surface area contributed by atoms with Crippen LogP contribution < -0.4 is 0 Å². The summed E-state index contributed by atoms with van der Waals surface area (Å²) in [5, 5.41) is 0. The summed E-state index contributed by atoms with van der Waals surface area (Å²) in [4.78, 5) is 14.9. The van der Waals surface area contributed by atoms with Crippen LogP contribution in [0.5, 0.6) is 0 Å². The normalized spacial score (nSPS) is 17.9. The number of rotatable bonds is 5. The molecule has 0 bridgehead atoms. The lowest BCUT2D eigenvalue weighted by Crippen LogP contribution is -2.40. The highest BCUT2D eigenvalue weighted by atomic mass is 32.2. The Morgan fingerprint density at radius 2 is 2.12 bits per heavy atom. The van der Waals surface area contributed by atoms with Gasteiger partial charge in [-0.2, -0.15) is 0 Å². The van der Waals surface area contributed by atoms with Gasteiger partial charge in [0.2, 0.25) is 5.91 Å². The molecule has 4 heteroatoms. The number of hydrogen-bond donors (Lipinski definition) is 0. The van der Waals surface area contributed by atoms with Crippen LogP contribution in [0.3, 0.4) is 0 Å². The summed E-state index contributed by atoms with van der Waals surface area (Å²) in [6.07, 6.45) is 5.47. The highest BCUT2D eigenvalue weighted by molar-refractivity contribution is 7.99. The second kappa shape index (κ2) is 7.93. The van der Waals surface area contributed by atoms with Crippen molar-refractivity contribution in [1.82, 2.24) is 9.47 Å². The fourth-order valence-electron chi connectivity index (χ4n) is 3.50. The van der Waals surface area contributed by atoms with Crippen molar-refractivity contribution >= 4 is 17.7 Å². The van der Waals surface area contributed by atoms with Gasteiger partial charge in [0.1, 0.15) is 0 Å². The molecule has 3 nitrogen and oxygen atoms in total. The molecule has 0 N–H and O–H groups in total. The van der Waals surface area contributed by atoms with Crippen molar-refractivity contribution in [2.45, 2.75) is 38.0 Å². The van der Waals surface area contributed by atoms with Gasteiger partial charge in [-0.05, 0) is 43.9 Å². The molecule has 128 valence electrons. The molecule has 0 saturated carbocycles. The van der Waals surface area contributed by atoms with Gasteiger partial charge in [-0.1, -0.05) is 29.8 Å². The van der Waals surface area contributed by atoms with E-state index in [2.05, 4.69) is 66.0 Å². The Hall–Kier alpha value is -1.68. The lowest BCUT2D eigenvalue weighted by atomic mass is 9.99. The molecule has 1 aliphatic rings. The molecule has 24 heavy (non-hydrogen) atoms. The minimum Gasteiger partial charge on any atom is -0.353 e. The van der Waals surface area contributed by atoms with Crippen molar-refractivity contribution in [2.75, 3.05) is 12.3 Å². The largest absolute Gasteiger partial charge is 0.353 e. The molecule has 1 saturated heterocycles. The molecule has 3 rings (SSSR count). The second-order valence-electron chi connectivity index (χ2n) is 6.62. The van der Waals surface area contributed by atoms with Gasteiger partial charge in [0.05, 0.1) is 11.8 Å². The Kier molecular flexibility index (Phi) is 5.67. The molecule has 1 aromatic heterocycles. The van der Waals surface area contributed by atoms with Crippen molar-refractivity contribution in [3.63, 3.8) is 0 Å². The lowest BCUT2D eigenvalue weighted by molar-refractivity contribution is -0.132. The van der Waals surface area contributed by atoms with Gasteiger partial charge in [0.15, 0.2) is 0 Å². The van der Waals surface area contributed by atoms with Crippen LogP contribution in [0.25, 0.3) is 0 Å². The van der Waals surface area contributed by atoms with Gasteiger partial charge in [-0.15, -0.1) is 11.8 Å². The first kappa shape index (κ1) is 17.2. The first-order valence-electron chi connectivity index (χ1n) is 8.69. The van der Waals surface area contributed by atoms with Crippen LogP contribution in [0.15, 0.2) is 42.6 Å². The van der Waals surface area contributed by atoms with E-state index in [-0.39, 0.29) is 11.9 Å². The van der Waals surface area contributed by atoms with E-state index in [0.717, 1.165) is 25.1 Å². The quantitative estimate of drug-likeness (QED) is 0.808. The van der Waals surface area contributed by atoms with Crippen LogP contribution in [-0.2, 0) is 17.6 Å². The maximum absolute atomic E-state index is 12.8. The molecular weight excluding hydrogens is 316 g/mol. The third kappa shape index (κ3) is 4.04. The Bertz CT molecular complexity index is 694. The van der Waals surface area contributed by atoms with E-state index >= 15 is 0 Å². The van der Waals surface area contributed by atoms with Gasteiger partial charge in [-0.3, -0.25) is 4.79 Å². The summed E-state index contributed by atoms with van der Waals surface area (Å²) in [5.41, 5.74) is 3.83. The van der Waals surface area contributed by atoms with Crippen LogP contribution in [0, 0.1) is 6.92 Å². The van der Waals surface area contributed by atoms with E-state index in [1.165, 1.54) is 23.2 Å². The average Bonchev–Trinajstić information content (AvgIpc) is 3.01. The number of amides is 1. The number of benzene rings is 1. The van der Waals surface area contributed by atoms with E-state index in [9.17, 15) is 4.79 Å². The van der Waals surface area contributed by atoms with Gasteiger partial charge < -0.3 is 9.47 Å². The third-order valence-corrected chi connectivity index (χ3v) is 5.71. The van der Waals surface area contributed by atoms with Gasteiger partial charge >= 0.3 is 0 Å². The van der Waals surface area contributed by atoms with Gasteiger partial charge in [-0.25, -0.2) is 0 Å². The molecular formula is C20H26N2OS. The number of aromatic nitrogens is 1. The van der Waals surface area contributed by atoms with Crippen molar-refractivity contribution < 1.29 is 4.79 Å². The maximum Gasteiger partial charge on any atom is 0.233 e. The monoisotopic (exact) mass is 342 g/mol. The molecule has 0 unspecified atom stereocenters. The second-order valence-corrected chi connectivity index (χ2v) is 7.61. The first-order chi connectivity index (χ1) is 11.6. The number of carbonyl (C=O) groups is 1. The minimum atomic E-state index is 0.241. The smallest absolute Gasteiger partial charge is 0.233 e. The number of carbonyl (C=O) groups excluding carboxylic acids is 1. The molecule has 0 aliphatic carbocycles.